The third-order valence-electron chi connectivity index (χ3n) is 11.6. The monoisotopic (exact) mass is 1030 g/mol. The summed E-state index contributed by atoms with van der Waals surface area (Å²) in [6.07, 6.45) is 1.64. The predicted octanol–water partition coefficient (Wildman–Crippen LogP) is 15.6. The van der Waals surface area contributed by atoms with Gasteiger partial charge >= 0.3 is 0 Å². The topological polar surface area (TPSA) is 50.9 Å². The van der Waals surface area contributed by atoms with E-state index in [4.69, 9.17) is 22.3 Å². The number of hydrogen-bond donors (Lipinski definition) is 1. The summed E-state index contributed by atoms with van der Waals surface area (Å²) in [6, 6.07) is 54.5. The van der Waals surface area contributed by atoms with Crippen molar-refractivity contribution < 1.29 is 39.9 Å². The van der Waals surface area contributed by atoms with Gasteiger partial charge in [-0.15, -0.1) is 23.8 Å². The van der Waals surface area contributed by atoms with E-state index in [-0.39, 0.29) is 37.8 Å². The molecule has 0 fully saturated rings. The zero-order valence-electron chi connectivity index (χ0n) is 46.3. The van der Waals surface area contributed by atoms with Crippen LogP contribution in [0.3, 0.4) is 0 Å². The van der Waals surface area contributed by atoms with Crippen LogP contribution in [0.15, 0.2) is 170 Å². The molecule has 0 atom stereocenters. The third-order valence-corrected chi connectivity index (χ3v) is 11.6. The Morgan fingerprint density at radius 2 is 1.28 bits per heavy atom. The summed E-state index contributed by atoms with van der Waals surface area (Å²) in [4.78, 5) is 10.1. The van der Waals surface area contributed by atoms with E-state index in [0.29, 0.717) is 44.9 Å². The largest absolute Gasteiger partial charge is 0.507 e. The van der Waals surface area contributed by atoms with Gasteiger partial charge < -0.3 is 5.11 Å². The number of pyridine rings is 1. The Bertz CT molecular complexity index is 3480. The number of hydrogen-bond acceptors (Lipinski definition) is 3. The molecule has 9 aromatic rings. The van der Waals surface area contributed by atoms with Gasteiger partial charge in [-0.2, -0.15) is 0 Å². The molecular weight excluding hydrogens is 962 g/mol. The fourth-order valence-electron chi connectivity index (χ4n) is 8.43. The number of fused-ring (bicyclic) bond motifs is 1. The quantitative estimate of drug-likeness (QED) is 0.154. The summed E-state index contributed by atoms with van der Waals surface area (Å²) < 4.78 is 85.3. The maximum Gasteiger partial charge on any atom is 0.148 e. The molecule has 9 rings (SSSR count). The molecule has 0 unspecified atom stereocenters. The van der Waals surface area contributed by atoms with Crippen LogP contribution in [0.4, 0.5) is 0 Å². The van der Waals surface area contributed by atoms with Gasteiger partial charge in [0.25, 0.3) is 0 Å². The molecule has 1 N–H and O–H groups in total. The number of nitrogens with zero attached hydrogens (tertiary/aromatic N) is 3. The summed E-state index contributed by atoms with van der Waals surface area (Å²) in [6.45, 7) is 0.228. The molecule has 4 nitrogen and oxygen atoms in total. The second kappa shape index (κ2) is 17.7. The molecule has 0 radical (unpaired) electrons. The molecule has 322 valence electrons. The Morgan fingerprint density at radius 1 is 0.609 bits per heavy atom. The van der Waals surface area contributed by atoms with E-state index in [9.17, 15) is 6.48 Å². The molecule has 7 aromatic carbocycles. The molecule has 5 heteroatoms. The Morgan fingerprint density at radius 3 is 2.00 bits per heavy atom. The number of rotatable bonds is 8. The van der Waals surface area contributed by atoms with Crippen molar-refractivity contribution in [3.8, 4) is 78.6 Å². The Hall–Kier alpha value is -6.35. The van der Waals surface area contributed by atoms with Crippen LogP contribution in [0.1, 0.15) is 91.5 Å². The van der Waals surface area contributed by atoms with Crippen LogP contribution >= 0.6 is 0 Å². The maximum absolute atomic E-state index is 11.4. The maximum atomic E-state index is 11.4. The van der Waals surface area contributed by atoms with E-state index >= 15 is 0 Å². The molecule has 0 bridgehead atoms. The summed E-state index contributed by atoms with van der Waals surface area (Å²) in [5.41, 5.74) is 8.86. The number of phenolic OH excluding ortho intramolecular Hbond substituents is 1. The number of aromatic hydroxyl groups is 1. The molecule has 64 heavy (non-hydrogen) atoms. The fourth-order valence-corrected chi connectivity index (χ4v) is 8.43. The molecular formula is C59H54N3OPt-. The molecule has 0 spiro atoms. The minimum atomic E-state index is -3.38. The Kier molecular flexibility index (Phi) is 9.16. The van der Waals surface area contributed by atoms with Crippen molar-refractivity contribution >= 4 is 11.0 Å². The van der Waals surface area contributed by atoms with E-state index in [0.717, 1.165) is 44.6 Å². The SMILES string of the molecule is [2H]C(C)(C)c1cc(-n2c(-c3ccccc3O)nc3c(-c4[c-]c(-c5cc(-c6ccc(C(C([2H])([2H])[2H])(C([2H])([2H])[2H])C([2H])([2H])[2H])cc6)ccn5)cc(-c5ccccc5)c4)cccc32)ccc1-c1ccccc1C(C)(C)C.[Pt]. The first-order valence-electron chi connectivity index (χ1n) is 26.0. The molecule has 2 aromatic heterocycles. The average Bonchev–Trinajstić information content (AvgIpc) is 3.72. The van der Waals surface area contributed by atoms with Gasteiger partial charge in [0.2, 0.25) is 0 Å². The average molecular weight is 1030 g/mol. The predicted molar refractivity (Wildman–Crippen MR) is 263 cm³/mol. The second-order valence-corrected chi connectivity index (χ2v) is 17.3. The number of imidazole rings is 1. The van der Waals surface area contributed by atoms with E-state index in [1.165, 1.54) is 29.8 Å². The number of phenols is 1. The van der Waals surface area contributed by atoms with Gasteiger partial charge in [0.05, 0.1) is 16.6 Å². The number of para-hydroxylation sites is 2. The standard InChI is InChI=1S/C59H54N3O.Pt/c1-38(2)51-37-46(29-30-48(51)49-19-12-14-22-52(49)59(6,7)8)62-54-23-16-21-47(56(54)61-57(62)50-20-13-15-24-55(50)63)43-33-42(39-17-10-9-11-18-39)34-44(35-43)53-36-41(31-32-60-53)40-25-27-45(28-26-40)58(3,4)5;/h9-34,36-38,63H,1-8H3;/q-1;/i3D3,4D3,5D3,38D;. The van der Waals surface area contributed by atoms with Crippen molar-refractivity contribution in [2.24, 2.45) is 0 Å². The summed E-state index contributed by atoms with van der Waals surface area (Å²) >= 11 is 0. The van der Waals surface area contributed by atoms with E-state index in [1.54, 1.807) is 24.4 Å². The van der Waals surface area contributed by atoms with Gasteiger partial charge in [-0.1, -0.05) is 187 Å². The van der Waals surface area contributed by atoms with Crippen molar-refractivity contribution in [2.75, 3.05) is 0 Å². The van der Waals surface area contributed by atoms with E-state index in [2.05, 4.69) is 69.3 Å². The summed E-state index contributed by atoms with van der Waals surface area (Å²) in [5.74, 6) is -0.439. The zero-order chi connectivity index (χ0) is 52.5. The molecule has 0 aliphatic rings. The normalized spacial score (nSPS) is 14.9. The van der Waals surface area contributed by atoms with E-state index in [1.807, 2.05) is 97.3 Å². The molecule has 0 amide bonds. The Labute approximate surface area is 407 Å². The van der Waals surface area contributed by atoms with Gasteiger partial charge in [0, 0.05) is 52.4 Å². The van der Waals surface area contributed by atoms with Crippen LogP contribution in [0.25, 0.3) is 83.9 Å². The van der Waals surface area contributed by atoms with Gasteiger partial charge in [0.15, 0.2) is 0 Å². The van der Waals surface area contributed by atoms with Crippen LogP contribution in [-0.4, -0.2) is 19.6 Å². The van der Waals surface area contributed by atoms with Crippen LogP contribution < -0.4 is 0 Å². The molecule has 0 saturated heterocycles. The molecule has 0 aliphatic heterocycles. The van der Waals surface area contributed by atoms with E-state index < -0.39 is 31.9 Å². The van der Waals surface area contributed by atoms with Gasteiger partial charge in [-0.3, -0.25) is 9.55 Å². The van der Waals surface area contributed by atoms with Crippen molar-refractivity contribution in [1.82, 2.24) is 14.5 Å². The van der Waals surface area contributed by atoms with Gasteiger partial charge in [0.1, 0.15) is 11.6 Å². The minimum Gasteiger partial charge on any atom is -0.507 e. The molecule has 0 aliphatic carbocycles. The summed E-state index contributed by atoms with van der Waals surface area (Å²) in [7, 11) is 0. The third kappa shape index (κ3) is 8.65. The molecule has 0 saturated carbocycles. The smallest absolute Gasteiger partial charge is 0.148 e. The zero-order valence-corrected chi connectivity index (χ0v) is 38.5. The van der Waals surface area contributed by atoms with Crippen molar-refractivity contribution in [2.45, 2.75) is 71.9 Å². The summed E-state index contributed by atoms with van der Waals surface area (Å²) in [5, 5.41) is 11.4. The van der Waals surface area contributed by atoms with Crippen LogP contribution in [0.5, 0.6) is 5.75 Å². The first-order chi connectivity index (χ1) is 34.3. The van der Waals surface area contributed by atoms with Gasteiger partial charge in [-0.25, -0.2) is 4.98 Å². The van der Waals surface area contributed by atoms with Gasteiger partial charge in [-0.05, 0) is 97.6 Å². The van der Waals surface area contributed by atoms with Crippen LogP contribution in [-0.2, 0) is 31.9 Å². The number of benzene rings is 7. The van der Waals surface area contributed by atoms with Crippen molar-refractivity contribution in [1.29, 1.82) is 0 Å². The van der Waals surface area contributed by atoms with Crippen molar-refractivity contribution in [3.05, 3.63) is 193 Å². The van der Waals surface area contributed by atoms with Crippen LogP contribution in [0.2, 0.25) is 0 Å². The minimum absolute atomic E-state index is 0. The first-order valence-corrected chi connectivity index (χ1v) is 21.0. The second-order valence-electron chi connectivity index (χ2n) is 17.3. The fraction of sp³-hybridized carbons (Fsp3) is 0.186. The Balaban J connectivity index is 0.00000729. The van der Waals surface area contributed by atoms with Crippen molar-refractivity contribution in [3.63, 3.8) is 0 Å². The molecule has 2 heterocycles. The van der Waals surface area contributed by atoms with Crippen LogP contribution in [0, 0.1) is 6.07 Å². The number of aromatic nitrogens is 3. The first kappa shape index (κ1) is 33.2.